The van der Waals surface area contributed by atoms with Gasteiger partial charge < -0.3 is 5.32 Å². The molecule has 22 heavy (non-hydrogen) atoms. The van der Waals surface area contributed by atoms with Crippen LogP contribution in [0.15, 0.2) is 54.6 Å². The fourth-order valence-electron chi connectivity index (χ4n) is 2.00. The highest BCUT2D eigenvalue weighted by Crippen LogP contribution is 2.17. The normalized spacial score (nSPS) is 11.9. The van der Waals surface area contributed by atoms with Gasteiger partial charge in [-0.1, -0.05) is 42.5 Å². The van der Waals surface area contributed by atoms with Crippen LogP contribution in [0.25, 0.3) is 0 Å². The summed E-state index contributed by atoms with van der Waals surface area (Å²) >= 11 is 1.62. The van der Waals surface area contributed by atoms with Crippen LogP contribution in [0.4, 0.5) is 4.39 Å². The van der Waals surface area contributed by atoms with Crippen molar-refractivity contribution < 1.29 is 9.18 Å². The average molecular weight is 317 g/mol. The Morgan fingerprint density at radius 3 is 2.45 bits per heavy atom. The van der Waals surface area contributed by atoms with E-state index >= 15 is 0 Å². The Kier molecular flexibility index (Phi) is 6.46. The predicted molar refractivity (Wildman–Crippen MR) is 90.3 cm³/mol. The fraction of sp³-hybridized carbons (Fsp3) is 0.278. The van der Waals surface area contributed by atoms with E-state index in [2.05, 4.69) is 17.4 Å². The highest BCUT2D eigenvalue weighted by atomic mass is 32.2. The summed E-state index contributed by atoms with van der Waals surface area (Å²) in [6.07, 6.45) is 0.710. The SMILES string of the molecule is CC(SCc1ccccc1)C(=O)NCCc1ccc(F)cc1. The van der Waals surface area contributed by atoms with Gasteiger partial charge in [0.2, 0.25) is 5.91 Å². The second-order valence-corrected chi connectivity index (χ2v) is 6.44. The number of thioether (sulfide) groups is 1. The minimum absolute atomic E-state index is 0.0445. The third kappa shape index (κ3) is 5.53. The molecule has 0 radical (unpaired) electrons. The van der Waals surface area contributed by atoms with Gasteiger partial charge in [0.1, 0.15) is 5.82 Å². The minimum atomic E-state index is -0.237. The average Bonchev–Trinajstić information content (AvgIpc) is 2.55. The summed E-state index contributed by atoms with van der Waals surface area (Å²) in [7, 11) is 0. The van der Waals surface area contributed by atoms with Crippen molar-refractivity contribution >= 4 is 17.7 Å². The van der Waals surface area contributed by atoms with Gasteiger partial charge in [0.05, 0.1) is 5.25 Å². The monoisotopic (exact) mass is 317 g/mol. The van der Waals surface area contributed by atoms with E-state index in [1.807, 2.05) is 25.1 Å². The Balaban J connectivity index is 1.69. The Labute approximate surface area is 135 Å². The molecule has 1 amide bonds. The number of hydrogen-bond donors (Lipinski definition) is 1. The van der Waals surface area contributed by atoms with E-state index in [1.165, 1.54) is 17.7 Å². The molecule has 0 fully saturated rings. The van der Waals surface area contributed by atoms with Crippen LogP contribution in [0, 0.1) is 5.82 Å². The van der Waals surface area contributed by atoms with Crippen LogP contribution in [0.5, 0.6) is 0 Å². The lowest BCUT2D eigenvalue weighted by atomic mass is 10.1. The van der Waals surface area contributed by atoms with Crippen LogP contribution in [-0.4, -0.2) is 17.7 Å². The molecular weight excluding hydrogens is 297 g/mol. The first-order chi connectivity index (χ1) is 10.6. The molecule has 1 atom stereocenters. The summed E-state index contributed by atoms with van der Waals surface area (Å²) in [4.78, 5) is 12.0. The van der Waals surface area contributed by atoms with E-state index in [-0.39, 0.29) is 17.0 Å². The smallest absolute Gasteiger partial charge is 0.232 e. The molecule has 2 nitrogen and oxygen atoms in total. The lowest BCUT2D eigenvalue weighted by Crippen LogP contribution is -2.32. The first-order valence-corrected chi connectivity index (χ1v) is 8.37. The molecule has 0 bridgehead atoms. The van der Waals surface area contributed by atoms with Crippen LogP contribution in [0.1, 0.15) is 18.1 Å². The second-order valence-electron chi connectivity index (χ2n) is 5.11. The van der Waals surface area contributed by atoms with Crippen LogP contribution in [0.2, 0.25) is 0 Å². The molecule has 0 aliphatic carbocycles. The van der Waals surface area contributed by atoms with E-state index in [1.54, 1.807) is 23.9 Å². The van der Waals surface area contributed by atoms with E-state index in [0.29, 0.717) is 13.0 Å². The van der Waals surface area contributed by atoms with Crippen molar-refractivity contribution in [2.45, 2.75) is 24.3 Å². The third-order valence-corrected chi connectivity index (χ3v) is 4.55. The van der Waals surface area contributed by atoms with Crippen molar-refractivity contribution in [3.8, 4) is 0 Å². The maximum Gasteiger partial charge on any atom is 0.232 e. The molecule has 0 aliphatic rings. The van der Waals surface area contributed by atoms with Crippen molar-refractivity contribution in [1.82, 2.24) is 5.32 Å². The van der Waals surface area contributed by atoms with Gasteiger partial charge in [-0.05, 0) is 36.6 Å². The van der Waals surface area contributed by atoms with Gasteiger partial charge in [-0.3, -0.25) is 4.79 Å². The summed E-state index contributed by atoms with van der Waals surface area (Å²) in [5.74, 6) is 0.634. The van der Waals surface area contributed by atoms with Gasteiger partial charge in [-0.2, -0.15) is 0 Å². The number of halogens is 1. The number of amides is 1. The summed E-state index contributed by atoms with van der Waals surface area (Å²) in [6.45, 7) is 2.49. The van der Waals surface area contributed by atoms with Crippen LogP contribution in [-0.2, 0) is 17.0 Å². The number of carbonyl (C=O) groups excluding carboxylic acids is 1. The molecule has 0 aromatic heterocycles. The largest absolute Gasteiger partial charge is 0.355 e. The highest BCUT2D eigenvalue weighted by molar-refractivity contribution is 7.99. The van der Waals surface area contributed by atoms with Crippen LogP contribution < -0.4 is 5.32 Å². The first-order valence-electron chi connectivity index (χ1n) is 7.33. The van der Waals surface area contributed by atoms with Crippen molar-refractivity contribution in [3.63, 3.8) is 0 Å². The summed E-state index contributed by atoms with van der Waals surface area (Å²) in [5, 5.41) is 2.84. The topological polar surface area (TPSA) is 29.1 Å². The molecule has 116 valence electrons. The number of carbonyl (C=O) groups is 1. The molecule has 2 aromatic rings. The Bertz CT molecular complexity index is 586. The Morgan fingerprint density at radius 1 is 1.09 bits per heavy atom. The molecule has 1 N–H and O–H groups in total. The molecular formula is C18H20FNOS. The van der Waals surface area contributed by atoms with Crippen LogP contribution in [0.3, 0.4) is 0 Å². The van der Waals surface area contributed by atoms with E-state index < -0.39 is 0 Å². The second kappa shape index (κ2) is 8.59. The van der Waals surface area contributed by atoms with Gasteiger partial charge in [0, 0.05) is 12.3 Å². The molecule has 0 spiro atoms. The molecule has 0 heterocycles. The van der Waals surface area contributed by atoms with E-state index in [4.69, 9.17) is 0 Å². The number of hydrogen-bond acceptors (Lipinski definition) is 2. The molecule has 0 aliphatic heterocycles. The van der Waals surface area contributed by atoms with E-state index in [9.17, 15) is 9.18 Å². The standard InChI is InChI=1S/C18H20FNOS/c1-14(22-13-16-5-3-2-4-6-16)18(21)20-12-11-15-7-9-17(19)10-8-15/h2-10,14H,11-13H2,1H3,(H,20,21). The first kappa shape index (κ1) is 16.6. The fourth-order valence-corrected chi connectivity index (χ4v) is 2.87. The van der Waals surface area contributed by atoms with Gasteiger partial charge in [-0.15, -0.1) is 11.8 Å². The maximum absolute atomic E-state index is 12.8. The molecule has 2 rings (SSSR count). The lowest BCUT2D eigenvalue weighted by molar-refractivity contribution is -0.120. The molecule has 0 saturated carbocycles. The van der Waals surface area contributed by atoms with Gasteiger partial charge in [0.25, 0.3) is 0 Å². The van der Waals surface area contributed by atoms with Crippen molar-refractivity contribution in [2.75, 3.05) is 6.54 Å². The van der Waals surface area contributed by atoms with Crippen molar-refractivity contribution in [2.24, 2.45) is 0 Å². The molecule has 0 saturated heterocycles. The number of rotatable bonds is 7. The maximum atomic E-state index is 12.8. The zero-order valence-electron chi connectivity index (χ0n) is 12.6. The lowest BCUT2D eigenvalue weighted by Gasteiger charge is -2.12. The van der Waals surface area contributed by atoms with Crippen molar-refractivity contribution in [1.29, 1.82) is 0 Å². The number of nitrogens with one attached hydrogen (secondary N) is 1. The van der Waals surface area contributed by atoms with Crippen LogP contribution >= 0.6 is 11.8 Å². The highest BCUT2D eigenvalue weighted by Gasteiger charge is 2.12. The van der Waals surface area contributed by atoms with Gasteiger partial charge >= 0.3 is 0 Å². The molecule has 4 heteroatoms. The summed E-state index contributed by atoms with van der Waals surface area (Å²) < 4.78 is 12.8. The quantitative estimate of drug-likeness (QED) is 0.841. The summed E-state index contributed by atoms with van der Waals surface area (Å²) in [5.41, 5.74) is 2.24. The Morgan fingerprint density at radius 2 is 1.77 bits per heavy atom. The van der Waals surface area contributed by atoms with E-state index in [0.717, 1.165) is 11.3 Å². The number of benzene rings is 2. The zero-order valence-corrected chi connectivity index (χ0v) is 13.4. The van der Waals surface area contributed by atoms with Crippen molar-refractivity contribution in [3.05, 3.63) is 71.5 Å². The molecule has 1 unspecified atom stereocenters. The Hall–Kier alpha value is -1.81. The summed E-state index contributed by atoms with van der Waals surface area (Å²) in [6, 6.07) is 16.5. The van der Waals surface area contributed by atoms with Gasteiger partial charge in [-0.25, -0.2) is 4.39 Å². The molecule has 2 aromatic carbocycles. The predicted octanol–water partition coefficient (Wildman–Crippen LogP) is 3.81. The minimum Gasteiger partial charge on any atom is -0.355 e. The van der Waals surface area contributed by atoms with Gasteiger partial charge in [0.15, 0.2) is 0 Å². The zero-order chi connectivity index (χ0) is 15.8. The third-order valence-electron chi connectivity index (χ3n) is 3.34.